The Morgan fingerprint density at radius 2 is 1.96 bits per heavy atom. The largest absolute Gasteiger partial charge is 0.356 e. The molecule has 0 saturated heterocycles. The van der Waals surface area contributed by atoms with Gasteiger partial charge in [-0.1, -0.05) is 25.5 Å². The third kappa shape index (κ3) is 5.71. The number of H-pyrrole nitrogens is 1. The highest BCUT2D eigenvalue weighted by molar-refractivity contribution is 5.80. The molecule has 0 aliphatic carbocycles. The average molecular weight is 343 g/mol. The Labute approximate surface area is 149 Å². The molecule has 0 aliphatic heterocycles. The van der Waals surface area contributed by atoms with Crippen molar-refractivity contribution >= 4 is 16.8 Å². The molecule has 1 aromatic heterocycles. The molecule has 0 aliphatic rings. The van der Waals surface area contributed by atoms with Crippen LogP contribution in [-0.4, -0.2) is 42.0 Å². The van der Waals surface area contributed by atoms with Crippen LogP contribution in [0.5, 0.6) is 0 Å². The number of pyridine rings is 1. The molecule has 0 fully saturated rings. The monoisotopic (exact) mass is 343 g/mol. The van der Waals surface area contributed by atoms with Crippen molar-refractivity contribution in [3.05, 3.63) is 45.7 Å². The number of nitrogens with zero attached hydrogens (tertiary/aromatic N) is 1. The molecule has 1 aromatic carbocycles. The first-order valence-corrected chi connectivity index (χ1v) is 9.15. The van der Waals surface area contributed by atoms with Crippen molar-refractivity contribution in [1.29, 1.82) is 0 Å². The first-order valence-electron chi connectivity index (χ1n) is 9.15. The van der Waals surface area contributed by atoms with E-state index in [-0.39, 0.29) is 11.5 Å². The van der Waals surface area contributed by atoms with Crippen molar-refractivity contribution in [2.45, 2.75) is 40.0 Å². The van der Waals surface area contributed by atoms with E-state index >= 15 is 0 Å². The van der Waals surface area contributed by atoms with E-state index in [1.807, 2.05) is 31.2 Å². The lowest BCUT2D eigenvalue weighted by atomic mass is 10.1. The van der Waals surface area contributed by atoms with Gasteiger partial charge < -0.3 is 15.2 Å². The number of rotatable bonds is 9. The minimum atomic E-state index is -0.106. The van der Waals surface area contributed by atoms with Gasteiger partial charge in [0.05, 0.1) is 0 Å². The number of aromatic nitrogens is 1. The molecule has 2 aromatic rings. The molecule has 2 N–H and O–H groups in total. The molecular formula is C20H29N3O2. The van der Waals surface area contributed by atoms with Gasteiger partial charge in [-0.3, -0.25) is 9.59 Å². The molecule has 5 heteroatoms. The minimum absolute atomic E-state index is 0.00304. The van der Waals surface area contributed by atoms with Gasteiger partial charge >= 0.3 is 0 Å². The Bertz CT molecular complexity index is 763. The van der Waals surface area contributed by atoms with Crippen molar-refractivity contribution in [3.63, 3.8) is 0 Å². The first kappa shape index (κ1) is 19.2. The molecule has 0 unspecified atom stereocenters. The van der Waals surface area contributed by atoms with Crippen LogP contribution in [0.3, 0.4) is 0 Å². The molecule has 0 radical (unpaired) electrons. The number of carbonyl (C=O) groups excluding carboxylic acids is 1. The molecular weight excluding hydrogens is 314 g/mol. The molecule has 1 amide bonds. The SMILES string of the molecule is CCN(CC)CCCNC(=O)CCc1cc2cc(C)ccc2[nH]c1=O. The Hall–Kier alpha value is -2.14. The molecule has 0 saturated carbocycles. The van der Waals surface area contributed by atoms with Gasteiger partial charge in [0.1, 0.15) is 0 Å². The van der Waals surface area contributed by atoms with Gasteiger partial charge in [-0.05, 0) is 63.0 Å². The van der Waals surface area contributed by atoms with Gasteiger partial charge in [0.15, 0.2) is 0 Å². The lowest BCUT2D eigenvalue weighted by Crippen LogP contribution is -2.30. The summed E-state index contributed by atoms with van der Waals surface area (Å²) in [5, 5.41) is 3.95. The van der Waals surface area contributed by atoms with Crippen molar-refractivity contribution in [2.24, 2.45) is 0 Å². The Balaban J connectivity index is 1.84. The van der Waals surface area contributed by atoms with Gasteiger partial charge in [0.2, 0.25) is 5.91 Å². The second-order valence-corrected chi connectivity index (χ2v) is 6.44. The highest BCUT2D eigenvalue weighted by Gasteiger charge is 2.07. The fourth-order valence-corrected chi connectivity index (χ4v) is 2.96. The molecule has 0 spiro atoms. The van der Waals surface area contributed by atoms with Crippen LogP contribution >= 0.6 is 0 Å². The van der Waals surface area contributed by atoms with Crippen LogP contribution in [0.1, 0.15) is 37.8 Å². The number of hydrogen-bond acceptors (Lipinski definition) is 3. The van der Waals surface area contributed by atoms with Crippen LogP contribution in [-0.2, 0) is 11.2 Å². The maximum atomic E-state index is 12.1. The van der Waals surface area contributed by atoms with E-state index in [1.54, 1.807) is 0 Å². The summed E-state index contributed by atoms with van der Waals surface area (Å²) in [6.45, 7) is 10.1. The lowest BCUT2D eigenvalue weighted by Gasteiger charge is -2.17. The number of nitrogens with one attached hydrogen (secondary N) is 2. The average Bonchev–Trinajstić information content (AvgIpc) is 2.60. The molecule has 2 rings (SSSR count). The predicted octanol–water partition coefficient (Wildman–Crippen LogP) is 2.62. The summed E-state index contributed by atoms with van der Waals surface area (Å²) in [5.74, 6) is 0.00304. The van der Waals surface area contributed by atoms with Crippen LogP contribution in [0.15, 0.2) is 29.1 Å². The van der Waals surface area contributed by atoms with Crippen LogP contribution in [0.4, 0.5) is 0 Å². The molecule has 0 bridgehead atoms. The third-order valence-corrected chi connectivity index (χ3v) is 4.57. The number of aromatic amines is 1. The van der Waals surface area contributed by atoms with Gasteiger partial charge in [0, 0.05) is 24.0 Å². The van der Waals surface area contributed by atoms with E-state index in [1.165, 1.54) is 0 Å². The zero-order valence-corrected chi connectivity index (χ0v) is 15.5. The summed E-state index contributed by atoms with van der Waals surface area (Å²) < 4.78 is 0. The second kappa shape index (κ2) is 9.37. The van der Waals surface area contributed by atoms with Crippen LogP contribution in [0.2, 0.25) is 0 Å². The zero-order chi connectivity index (χ0) is 18.2. The van der Waals surface area contributed by atoms with E-state index in [0.717, 1.165) is 42.5 Å². The number of fused-ring (bicyclic) bond motifs is 1. The second-order valence-electron chi connectivity index (χ2n) is 6.44. The molecule has 136 valence electrons. The summed E-state index contributed by atoms with van der Waals surface area (Å²) in [6, 6.07) is 7.83. The van der Waals surface area contributed by atoms with E-state index in [2.05, 4.69) is 29.0 Å². The van der Waals surface area contributed by atoms with Crippen molar-refractivity contribution in [3.8, 4) is 0 Å². The maximum absolute atomic E-state index is 12.1. The number of carbonyl (C=O) groups is 1. The summed E-state index contributed by atoms with van der Waals surface area (Å²) in [6.07, 6.45) is 1.75. The normalized spacial score (nSPS) is 11.2. The lowest BCUT2D eigenvalue weighted by molar-refractivity contribution is -0.121. The van der Waals surface area contributed by atoms with Gasteiger partial charge in [0.25, 0.3) is 5.56 Å². The van der Waals surface area contributed by atoms with Gasteiger partial charge in [-0.25, -0.2) is 0 Å². The highest BCUT2D eigenvalue weighted by Crippen LogP contribution is 2.13. The van der Waals surface area contributed by atoms with Gasteiger partial charge in [-0.2, -0.15) is 0 Å². The Kier molecular flexibility index (Phi) is 7.19. The maximum Gasteiger partial charge on any atom is 0.251 e. The van der Waals surface area contributed by atoms with Crippen molar-refractivity contribution < 1.29 is 4.79 Å². The summed E-state index contributed by atoms with van der Waals surface area (Å²) >= 11 is 0. The fourth-order valence-electron chi connectivity index (χ4n) is 2.96. The molecule has 25 heavy (non-hydrogen) atoms. The summed E-state index contributed by atoms with van der Waals surface area (Å²) in [5.41, 5.74) is 2.54. The van der Waals surface area contributed by atoms with E-state index in [0.29, 0.717) is 24.9 Å². The smallest absolute Gasteiger partial charge is 0.251 e. The Morgan fingerprint density at radius 3 is 2.68 bits per heavy atom. The van der Waals surface area contributed by atoms with Crippen LogP contribution in [0, 0.1) is 6.92 Å². The topological polar surface area (TPSA) is 65.2 Å². The van der Waals surface area contributed by atoms with E-state index < -0.39 is 0 Å². The number of benzene rings is 1. The van der Waals surface area contributed by atoms with E-state index in [4.69, 9.17) is 0 Å². The number of amides is 1. The highest BCUT2D eigenvalue weighted by atomic mass is 16.1. The molecule has 1 heterocycles. The summed E-state index contributed by atoms with van der Waals surface area (Å²) in [7, 11) is 0. The summed E-state index contributed by atoms with van der Waals surface area (Å²) in [4.78, 5) is 29.4. The number of aryl methyl sites for hydroxylation is 2. The van der Waals surface area contributed by atoms with Gasteiger partial charge in [-0.15, -0.1) is 0 Å². The fraction of sp³-hybridized carbons (Fsp3) is 0.500. The molecule has 0 atom stereocenters. The molecule has 5 nitrogen and oxygen atoms in total. The predicted molar refractivity (Wildman–Crippen MR) is 103 cm³/mol. The number of hydrogen-bond donors (Lipinski definition) is 2. The Morgan fingerprint density at radius 1 is 1.20 bits per heavy atom. The van der Waals surface area contributed by atoms with Crippen molar-refractivity contribution in [1.82, 2.24) is 15.2 Å². The van der Waals surface area contributed by atoms with Crippen LogP contribution < -0.4 is 10.9 Å². The standard InChI is InChI=1S/C20H29N3O2/c1-4-23(5-2)12-6-11-21-19(24)10-8-16-14-17-13-15(3)7-9-18(17)22-20(16)25/h7,9,13-14H,4-6,8,10-12H2,1-3H3,(H,21,24)(H,22,25). The third-order valence-electron chi connectivity index (χ3n) is 4.57. The zero-order valence-electron chi connectivity index (χ0n) is 15.5. The quantitative estimate of drug-likeness (QED) is 0.688. The minimum Gasteiger partial charge on any atom is -0.356 e. The first-order chi connectivity index (χ1) is 12.0. The van der Waals surface area contributed by atoms with E-state index in [9.17, 15) is 9.59 Å². The van der Waals surface area contributed by atoms with Crippen molar-refractivity contribution in [2.75, 3.05) is 26.2 Å². The van der Waals surface area contributed by atoms with Crippen LogP contribution in [0.25, 0.3) is 10.9 Å².